The molecule has 0 bridgehead atoms. The van der Waals surface area contributed by atoms with E-state index in [2.05, 4.69) is 58.5 Å². The molecule has 622 valence electrons. The minimum atomic E-state index is -1.89. The van der Waals surface area contributed by atoms with Crippen LogP contribution in [0, 0.1) is 0 Å². The second kappa shape index (κ2) is 45.0. The Morgan fingerprint density at radius 2 is 1.09 bits per heavy atom. The number of aliphatic hydroxyl groups excluding tert-OH is 1. The zero-order chi connectivity index (χ0) is 84.0. The summed E-state index contributed by atoms with van der Waals surface area (Å²) in [6.07, 6.45) is -4.18. The monoisotopic (exact) mass is 1660 g/mol. The van der Waals surface area contributed by atoms with Crippen LogP contribution in [0.4, 0.5) is 21.0 Å². The number of benzene rings is 4. The number of carboxylic acid groups (broad SMARTS) is 3. The number of anilines is 2. The molecule has 42 heteroatoms. The number of nitrogens with zero attached hydrogens (tertiary/aromatic N) is 3. The Hall–Kier alpha value is -11.2. The number of aliphatic carboxylic acids is 3. The SMILES string of the molecule is C[C@@H](O)[C@@H]1NC(=O)[C@H](CCCCN)NC(=O)[C@@H](Cc2ccc(NC(N)=O)cc2)NC(=O)[C@H](Cc2ccc(NC(=O)C3CC(=O)NC(=O)N3)cc2)NC(=O)[C@H](NC(=O)[C@H](Cc2ccc(Cl)cc2)NC(=O)CCC(C(=O)O)N2CCN(CC(=O)O)CCN(CC(=O)O)CC2)CSSC[C@@H](C(=O)N[C@H](Cc2ccc(O)cc2)C(N)=O)NC1=O. The summed E-state index contributed by atoms with van der Waals surface area (Å²) in [5.74, 6) is -15.8. The van der Waals surface area contributed by atoms with Crippen LogP contribution in [0.2, 0.25) is 5.02 Å². The number of hydrogen-bond donors (Lipinski definition) is 20. The average molecular weight is 1660 g/mol. The first kappa shape index (κ1) is 91.0. The van der Waals surface area contributed by atoms with Crippen molar-refractivity contribution in [3.63, 3.8) is 0 Å². The van der Waals surface area contributed by atoms with E-state index in [-0.39, 0.29) is 106 Å². The minimum Gasteiger partial charge on any atom is -0.508 e. The van der Waals surface area contributed by atoms with Gasteiger partial charge in [0.25, 0.3) is 0 Å². The smallest absolute Gasteiger partial charge is 0.322 e. The van der Waals surface area contributed by atoms with Gasteiger partial charge in [-0.25, -0.2) is 9.59 Å². The van der Waals surface area contributed by atoms with Crippen molar-refractivity contribution in [1.82, 2.24) is 67.9 Å². The summed E-state index contributed by atoms with van der Waals surface area (Å²) in [6, 6.07) is 5.07. The topological polar surface area (TPSA) is 606 Å². The van der Waals surface area contributed by atoms with Crippen molar-refractivity contribution >= 4 is 140 Å². The van der Waals surface area contributed by atoms with E-state index in [1.807, 2.05) is 5.32 Å². The molecule has 3 fully saturated rings. The molecular formula is C73H95ClN18O21S2. The standard InChI is InChI=1S/C73H95ClN18O21S2/c1-39(93)61-70(109)86-55(68(107)82-49(62(76)101)30-43-11-19-47(94)20-12-43)38-115-114-37-54(85-65(104)50(31-40-5-13-44(74)14-6-40)80-57(95)22-21-56(71(110)111)92-28-26-90(35-59(97)98)24-25-91(27-29-92)36-60(99)100)69(108)84-52(33-41-7-15-45(16-8-41)78-64(103)53-34-58(96)88-73(113)87-53)67(106)83-51(32-42-9-17-46(18-10-42)79-72(77)112)66(105)81-48(63(102)89-61)4-2-3-23-75/h5-20,39,48-56,61,93-94H,2-4,21-38,75H2,1H3,(H2,76,101)(H,78,103)(H,80,95)(H,81,105)(H,82,107)(H,83,106)(H,84,108)(H,85,104)(H,86,109)(H,89,102)(H,97,98)(H,99,100)(H,110,111)(H3,77,79,112)(H2,87,88,96,113)/t39-,48+,49-,50+,51-,52+,53?,54-,55+,56?,61+/m1/s1. The number of urea groups is 2. The molecule has 115 heavy (non-hydrogen) atoms. The van der Waals surface area contributed by atoms with E-state index in [1.54, 1.807) is 0 Å². The number of rotatable bonds is 31. The number of nitrogens with one attached hydrogen (secondary N) is 12. The van der Waals surface area contributed by atoms with Crippen LogP contribution in [0.5, 0.6) is 5.75 Å². The number of carboxylic acids is 3. The highest BCUT2D eigenvalue weighted by atomic mass is 35.5. The van der Waals surface area contributed by atoms with E-state index in [4.69, 9.17) is 28.8 Å². The van der Waals surface area contributed by atoms with Gasteiger partial charge in [-0.1, -0.05) is 81.7 Å². The molecule has 0 aliphatic carbocycles. The van der Waals surface area contributed by atoms with Gasteiger partial charge < -0.3 is 101 Å². The molecule has 0 saturated carbocycles. The van der Waals surface area contributed by atoms with E-state index >= 15 is 19.2 Å². The van der Waals surface area contributed by atoms with Gasteiger partial charge in [-0.2, -0.15) is 0 Å². The molecule has 0 radical (unpaired) electrons. The molecule has 39 nitrogen and oxygen atoms in total. The second-order valence-electron chi connectivity index (χ2n) is 27.5. The predicted octanol–water partition coefficient (Wildman–Crippen LogP) is -3.07. The Morgan fingerprint density at radius 1 is 0.574 bits per heavy atom. The van der Waals surface area contributed by atoms with Crippen LogP contribution in [-0.2, 0) is 92.8 Å². The minimum absolute atomic E-state index is 0.0158. The van der Waals surface area contributed by atoms with Gasteiger partial charge in [0.1, 0.15) is 66.2 Å². The lowest BCUT2D eigenvalue weighted by Gasteiger charge is -2.30. The molecule has 3 aliphatic rings. The lowest BCUT2D eigenvalue weighted by molar-refractivity contribution is -0.145. The van der Waals surface area contributed by atoms with Crippen molar-refractivity contribution in [2.45, 2.75) is 138 Å². The van der Waals surface area contributed by atoms with Gasteiger partial charge in [0.05, 0.1) is 25.6 Å². The first-order valence-corrected chi connectivity index (χ1v) is 39.4. The Balaban J connectivity index is 1.30. The number of halogens is 1. The fraction of sp³-hybridized carbons (Fsp3) is 0.452. The maximum atomic E-state index is 15.6. The number of primary amides is 2. The summed E-state index contributed by atoms with van der Waals surface area (Å²) in [4.78, 5) is 224. The number of hydrogen-bond acceptors (Lipinski definition) is 24. The van der Waals surface area contributed by atoms with Crippen molar-refractivity contribution in [1.29, 1.82) is 0 Å². The van der Waals surface area contributed by atoms with E-state index < -0.39 is 212 Å². The molecule has 7 rings (SSSR count). The summed E-state index contributed by atoms with van der Waals surface area (Å²) in [5, 5.41) is 81.8. The van der Waals surface area contributed by atoms with Gasteiger partial charge in [-0.15, -0.1) is 0 Å². The third-order valence-corrected chi connectivity index (χ3v) is 21.3. The molecule has 0 aromatic heterocycles. The fourth-order valence-corrected chi connectivity index (χ4v) is 14.9. The van der Waals surface area contributed by atoms with E-state index in [0.29, 0.717) is 23.1 Å². The molecule has 4 aromatic rings. The third-order valence-electron chi connectivity index (χ3n) is 18.6. The number of amides is 15. The molecule has 23 N–H and O–H groups in total. The summed E-state index contributed by atoms with van der Waals surface area (Å²) < 4.78 is 0. The van der Waals surface area contributed by atoms with Crippen LogP contribution in [0.1, 0.15) is 67.7 Å². The number of aromatic hydroxyl groups is 1. The van der Waals surface area contributed by atoms with Crippen LogP contribution >= 0.6 is 33.2 Å². The number of phenolic OH excluding ortho intramolecular Hbond substituents is 1. The van der Waals surface area contributed by atoms with Crippen molar-refractivity contribution < 1.29 is 102 Å². The van der Waals surface area contributed by atoms with E-state index in [0.717, 1.165) is 28.5 Å². The van der Waals surface area contributed by atoms with Gasteiger partial charge in [-0.3, -0.25) is 87.1 Å². The van der Waals surface area contributed by atoms with E-state index in [1.165, 1.54) is 112 Å². The fourth-order valence-electron chi connectivity index (χ4n) is 12.4. The number of imide groups is 1. The number of carbonyl (C=O) groups excluding carboxylic acids is 13. The summed E-state index contributed by atoms with van der Waals surface area (Å²) in [7, 11) is 1.61. The molecule has 4 aromatic carbocycles. The van der Waals surface area contributed by atoms with Gasteiger partial charge in [-0.05, 0) is 110 Å². The molecular weight excluding hydrogens is 1560 g/mol. The summed E-state index contributed by atoms with van der Waals surface area (Å²) in [5.41, 5.74) is 18.8. The lowest BCUT2D eigenvalue weighted by atomic mass is 10.0. The Bertz CT molecular complexity index is 4090. The molecule has 15 amide bonds. The van der Waals surface area contributed by atoms with Crippen LogP contribution in [0.15, 0.2) is 97.1 Å². The van der Waals surface area contributed by atoms with E-state index in [9.17, 15) is 83.1 Å². The number of unbranched alkanes of at least 4 members (excludes halogenated alkanes) is 1. The molecule has 11 atom stereocenters. The molecule has 3 heterocycles. The number of nitrogens with two attached hydrogens (primary N) is 3. The van der Waals surface area contributed by atoms with Crippen molar-refractivity contribution in [2.24, 2.45) is 17.2 Å². The Kier molecular flexibility index (Phi) is 35.6. The summed E-state index contributed by atoms with van der Waals surface area (Å²) >= 11 is 6.28. The van der Waals surface area contributed by atoms with Crippen LogP contribution < -0.4 is 81.0 Å². The highest BCUT2D eigenvalue weighted by Crippen LogP contribution is 2.25. The maximum Gasteiger partial charge on any atom is 0.322 e. The number of phenols is 1. The molecule has 2 unspecified atom stereocenters. The Labute approximate surface area is 672 Å². The van der Waals surface area contributed by atoms with Gasteiger partial charge in [0.2, 0.25) is 65.0 Å². The molecule has 3 saturated heterocycles. The first-order chi connectivity index (χ1) is 54.7. The van der Waals surface area contributed by atoms with Crippen molar-refractivity contribution in [3.8, 4) is 5.75 Å². The Morgan fingerprint density at radius 3 is 1.62 bits per heavy atom. The van der Waals surface area contributed by atoms with Crippen LogP contribution in [0.25, 0.3) is 0 Å². The average Bonchev–Trinajstić information content (AvgIpc) is 1.75. The normalized spacial score (nSPS) is 21.2. The van der Waals surface area contributed by atoms with Crippen LogP contribution in [0.3, 0.4) is 0 Å². The molecule has 3 aliphatic heterocycles. The first-order valence-electron chi connectivity index (χ1n) is 36.6. The largest absolute Gasteiger partial charge is 0.508 e. The molecule has 0 spiro atoms. The second-order valence-corrected chi connectivity index (χ2v) is 30.5. The predicted molar refractivity (Wildman–Crippen MR) is 419 cm³/mol. The quantitative estimate of drug-likeness (QED) is 0.0176. The third kappa shape index (κ3) is 30.6. The maximum absolute atomic E-state index is 15.6. The lowest BCUT2D eigenvalue weighted by Crippen LogP contribution is -2.62. The zero-order valence-electron chi connectivity index (χ0n) is 62.5. The zero-order valence-corrected chi connectivity index (χ0v) is 64.9. The number of carbonyl (C=O) groups is 16. The highest BCUT2D eigenvalue weighted by Gasteiger charge is 2.39. The van der Waals surface area contributed by atoms with Gasteiger partial charge in [0, 0.05) is 99.3 Å². The highest BCUT2D eigenvalue weighted by molar-refractivity contribution is 8.76. The summed E-state index contributed by atoms with van der Waals surface area (Å²) in [6.45, 7) is 0.737. The van der Waals surface area contributed by atoms with Crippen molar-refractivity contribution in [3.05, 3.63) is 124 Å². The van der Waals surface area contributed by atoms with Crippen molar-refractivity contribution in [2.75, 3.05) is 81.0 Å². The van der Waals surface area contributed by atoms with Crippen LogP contribution in [-0.4, -0.2) is 272 Å². The number of aliphatic hydroxyl groups is 1. The van der Waals surface area contributed by atoms with Gasteiger partial charge >= 0.3 is 30.0 Å². The van der Waals surface area contributed by atoms with Gasteiger partial charge in [0.15, 0.2) is 0 Å².